The van der Waals surface area contributed by atoms with Gasteiger partial charge in [0.1, 0.15) is 5.69 Å². The molecule has 0 atom stereocenters. The Morgan fingerprint density at radius 3 is 2.41 bits per heavy atom. The van der Waals surface area contributed by atoms with Gasteiger partial charge in [-0.3, -0.25) is 0 Å². The van der Waals surface area contributed by atoms with E-state index in [2.05, 4.69) is 20.3 Å². The number of aromatic nitrogens is 3. The highest BCUT2D eigenvalue weighted by Crippen LogP contribution is 2.28. The van der Waals surface area contributed by atoms with E-state index >= 15 is 0 Å². The van der Waals surface area contributed by atoms with Crippen LogP contribution in [0.15, 0.2) is 24.5 Å². The molecule has 0 fully saturated rings. The van der Waals surface area contributed by atoms with Crippen LogP contribution in [-0.2, 0) is 6.18 Å². The highest BCUT2D eigenvalue weighted by molar-refractivity contribution is 5.51. The third-order valence-corrected chi connectivity index (χ3v) is 2.02. The molecule has 2 N–H and O–H groups in total. The van der Waals surface area contributed by atoms with Crippen LogP contribution in [0.3, 0.4) is 0 Å². The van der Waals surface area contributed by atoms with E-state index in [1.807, 2.05) is 6.92 Å². The van der Waals surface area contributed by atoms with Crippen LogP contribution in [0.2, 0.25) is 0 Å². The molecule has 0 saturated carbocycles. The van der Waals surface area contributed by atoms with Gasteiger partial charge < -0.3 is 10.3 Å². The highest BCUT2D eigenvalue weighted by Gasteiger charge is 2.31. The van der Waals surface area contributed by atoms with Crippen LogP contribution in [0.1, 0.15) is 11.4 Å². The summed E-state index contributed by atoms with van der Waals surface area (Å²) >= 11 is 0. The molecular weight excluding hydrogens is 233 g/mol. The van der Waals surface area contributed by atoms with E-state index in [1.54, 1.807) is 6.20 Å². The van der Waals surface area contributed by atoms with E-state index in [9.17, 15) is 13.2 Å². The summed E-state index contributed by atoms with van der Waals surface area (Å²) in [4.78, 5) is 10.2. The predicted molar refractivity (Wildman–Crippen MR) is 55.8 cm³/mol. The van der Waals surface area contributed by atoms with E-state index in [4.69, 9.17) is 0 Å². The van der Waals surface area contributed by atoms with Gasteiger partial charge in [-0.15, -0.1) is 0 Å². The zero-order chi connectivity index (χ0) is 12.5. The predicted octanol–water partition coefficient (Wildman–Crippen LogP) is 2.88. The van der Waals surface area contributed by atoms with Gasteiger partial charge in [0.2, 0.25) is 5.95 Å². The molecule has 0 saturated heterocycles. The maximum absolute atomic E-state index is 12.2. The average molecular weight is 242 g/mol. The van der Waals surface area contributed by atoms with Gasteiger partial charge in [-0.1, -0.05) is 0 Å². The fourth-order valence-corrected chi connectivity index (χ4v) is 1.25. The lowest BCUT2D eigenvalue weighted by atomic mass is 10.3. The van der Waals surface area contributed by atoms with Crippen LogP contribution in [0.4, 0.5) is 24.8 Å². The number of aromatic amines is 1. The Kier molecular flexibility index (Phi) is 2.74. The minimum Gasteiger partial charge on any atom is -0.328 e. The van der Waals surface area contributed by atoms with Crippen molar-refractivity contribution < 1.29 is 13.2 Å². The van der Waals surface area contributed by atoms with E-state index in [0.717, 1.165) is 18.0 Å². The fraction of sp³-hybridized carbons (Fsp3) is 0.200. The smallest absolute Gasteiger partial charge is 0.328 e. The van der Waals surface area contributed by atoms with Crippen LogP contribution in [0.5, 0.6) is 0 Å². The number of hydrogen-bond donors (Lipinski definition) is 2. The molecule has 90 valence electrons. The van der Waals surface area contributed by atoms with Gasteiger partial charge in [-0.05, 0) is 19.1 Å². The molecule has 2 aromatic rings. The van der Waals surface area contributed by atoms with Gasteiger partial charge in [-0.25, -0.2) is 9.97 Å². The van der Waals surface area contributed by atoms with Crippen LogP contribution in [0.25, 0.3) is 0 Å². The minimum absolute atomic E-state index is 0.437. The lowest BCUT2D eigenvalue weighted by Gasteiger charge is -2.06. The normalized spacial score (nSPS) is 11.5. The molecule has 0 bridgehead atoms. The second kappa shape index (κ2) is 4.08. The molecule has 2 rings (SSSR count). The SMILES string of the molecule is Cc1cnc(Nc2ccc(C(F)(F)F)nc2)[nH]1. The number of H-pyrrole nitrogens is 1. The van der Waals surface area contributed by atoms with Crippen molar-refractivity contribution in [3.63, 3.8) is 0 Å². The van der Waals surface area contributed by atoms with Crippen molar-refractivity contribution in [3.8, 4) is 0 Å². The number of halogens is 3. The van der Waals surface area contributed by atoms with Crippen molar-refractivity contribution in [1.82, 2.24) is 15.0 Å². The summed E-state index contributed by atoms with van der Waals surface area (Å²) in [6, 6.07) is 2.21. The number of aryl methyl sites for hydroxylation is 1. The third kappa shape index (κ3) is 2.74. The Labute approximate surface area is 94.9 Å². The van der Waals surface area contributed by atoms with E-state index in [0.29, 0.717) is 11.6 Å². The number of nitrogens with zero attached hydrogens (tertiary/aromatic N) is 2. The number of anilines is 2. The maximum Gasteiger partial charge on any atom is 0.433 e. The zero-order valence-corrected chi connectivity index (χ0v) is 8.84. The molecule has 2 heterocycles. The summed E-state index contributed by atoms with van der Waals surface area (Å²) in [5.41, 5.74) is 0.374. The number of pyridine rings is 1. The first-order chi connectivity index (χ1) is 7.95. The molecule has 2 aromatic heterocycles. The Morgan fingerprint density at radius 1 is 1.18 bits per heavy atom. The summed E-state index contributed by atoms with van der Waals surface area (Å²) in [6.45, 7) is 1.82. The molecule has 17 heavy (non-hydrogen) atoms. The number of rotatable bonds is 2. The summed E-state index contributed by atoms with van der Waals surface area (Å²) in [6.07, 6.45) is -1.69. The molecule has 0 amide bonds. The number of imidazole rings is 1. The molecule has 0 radical (unpaired) electrons. The van der Waals surface area contributed by atoms with Crippen LogP contribution in [0, 0.1) is 6.92 Å². The molecule has 0 aliphatic rings. The van der Waals surface area contributed by atoms with E-state index in [1.165, 1.54) is 6.07 Å². The quantitative estimate of drug-likeness (QED) is 0.851. The maximum atomic E-state index is 12.2. The number of alkyl halides is 3. The first-order valence-corrected chi connectivity index (χ1v) is 4.77. The van der Waals surface area contributed by atoms with Crippen LogP contribution in [-0.4, -0.2) is 15.0 Å². The Morgan fingerprint density at radius 2 is 1.94 bits per heavy atom. The lowest BCUT2D eigenvalue weighted by molar-refractivity contribution is -0.141. The molecule has 0 aromatic carbocycles. The van der Waals surface area contributed by atoms with Crippen LogP contribution < -0.4 is 5.32 Å². The number of nitrogens with one attached hydrogen (secondary N) is 2. The lowest BCUT2D eigenvalue weighted by Crippen LogP contribution is -2.07. The molecule has 0 aliphatic heterocycles. The zero-order valence-electron chi connectivity index (χ0n) is 8.84. The summed E-state index contributed by atoms with van der Waals surface area (Å²) in [5.74, 6) is 0.462. The van der Waals surface area contributed by atoms with Crippen molar-refractivity contribution in [2.24, 2.45) is 0 Å². The van der Waals surface area contributed by atoms with Gasteiger partial charge in [-0.2, -0.15) is 13.2 Å². The van der Waals surface area contributed by atoms with Gasteiger partial charge >= 0.3 is 6.18 Å². The highest BCUT2D eigenvalue weighted by atomic mass is 19.4. The standard InChI is InChI=1S/C10H9F3N4/c1-6-4-15-9(16-6)17-7-2-3-8(14-5-7)10(11,12)13/h2-5H,1H3,(H2,15,16,17). The van der Waals surface area contributed by atoms with Gasteiger partial charge in [0.05, 0.1) is 11.9 Å². The van der Waals surface area contributed by atoms with Crippen LogP contribution >= 0.6 is 0 Å². The molecule has 0 aliphatic carbocycles. The van der Waals surface area contributed by atoms with Crippen molar-refractivity contribution in [1.29, 1.82) is 0 Å². The van der Waals surface area contributed by atoms with Crippen molar-refractivity contribution in [3.05, 3.63) is 35.9 Å². The van der Waals surface area contributed by atoms with Gasteiger partial charge in [0.25, 0.3) is 0 Å². The molecule has 4 nitrogen and oxygen atoms in total. The average Bonchev–Trinajstić information content (AvgIpc) is 2.63. The number of hydrogen-bond acceptors (Lipinski definition) is 3. The van der Waals surface area contributed by atoms with Crippen molar-refractivity contribution >= 4 is 11.6 Å². The largest absolute Gasteiger partial charge is 0.433 e. The van der Waals surface area contributed by atoms with Crippen molar-refractivity contribution in [2.45, 2.75) is 13.1 Å². The third-order valence-electron chi connectivity index (χ3n) is 2.02. The summed E-state index contributed by atoms with van der Waals surface area (Å²) in [7, 11) is 0. The first kappa shape index (κ1) is 11.4. The van der Waals surface area contributed by atoms with E-state index < -0.39 is 11.9 Å². The molecule has 0 unspecified atom stereocenters. The fourth-order valence-electron chi connectivity index (χ4n) is 1.25. The van der Waals surface area contributed by atoms with E-state index in [-0.39, 0.29) is 0 Å². The van der Waals surface area contributed by atoms with Gasteiger partial charge in [0.15, 0.2) is 0 Å². The summed E-state index contributed by atoms with van der Waals surface area (Å²) < 4.78 is 36.7. The second-order valence-electron chi connectivity index (χ2n) is 3.47. The molecule has 7 heteroatoms. The van der Waals surface area contributed by atoms with Crippen molar-refractivity contribution in [2.75, 3.05) is 5.32 Å². The Balaban J connectivity index is 2.13. The summed E-state index contributed by atoms with van der Waals surface area (Å²) in [5, 5.41) is 2.81. The molecular formula is C10H9F3N4. The van der Waals surface area contributed by atoms with Gasteiger partial charge in [0, 0.05) is 11.9 Å². The minimum atomic E-state index is -4.42. The molecule has 0 spiro atoms. The topological polar surface area (TPSA) is 53.6 Å². The Bertz CT molecular complexity index is 501. The monoisotopic (exact) mass is 242 g/mol. The first-order valence-electron chi connectivity index (χ1n) is 4.77. The second-order valence-corrected chi connectivity index (χ2v) is 3.47. The Hall–Kier alpha value is -2.05.